The minimum Gasteiger partial charge on any atom is -0.495 e. The molecule has 0 heterocycles. The summed E-state index contributed by atoms with van der Waals surface area (Å²) in [5, 5.41) is 2.21. The van der Waals surface area contributed by atoms with E-state index in [1.807, 2.05) is 0 Å². The number of quaternary nitrogens is 1. The molecule has 5 N–H and O–H groups in total. The summed E-state index contributed by atoms with van der Waals surface area (Å²) in [6.07, 6.45) is 0. The number of nitrogens with one attached hydrogen (secondary N) is 2. The molecule has 2 aromatic rings. The number of ether oxygens (including phenoxy) is 1. The molecule has 0 aromatic heterocycles. The third kappa shape index (κ3) is 3.93. The average molecular weight is 412 g/mol. The van der Waals surface area contributed by atoms with Gasteiger partial charge < -0.3 is 4.74 Å². The molecule has 0 saturated heterocycles. The smallest absolute Gasteiger partial charge is 0.416 e. The van der Waals surface area contributed by atoms with E-state index in [0.717, 1.165) is 12.1 Å². The molecule has 0 aliphatic carbocycles. The van der Waals surface area contributed by atoms with Gasteiger partial charge in [-0.3, -0.25) is 15.8 Å². The summed E-state index contributed by atoms with van der Waals surface area (Å²) >= 11 is 0. The Morgan fingerprint density at radius 3 is 2.00 bits per heavy atom. The SMILES string of the molecule is COc1ccc(NS(=O)(=O)c2c(F)c(F)c(F)c(F)c2F)cc1NC([NH3+])=O. The quantitative estimate of drug-likeness (QED) is 0.396. The number of carbonyl (C=O) groups excluding carboxylic acids is 1. The van der Waals surface area contributed by atoms with Gasteiger partial charge in [0.2, 0.25) is 5.82 Å². The van der Waals surface area contributed by atoms with Gasteiger partial charge >= 0.3 is 6.03 Å². The van der Waals surface area contributed by atoms with E-state index in [0.29, 0.717) is 0 Å². The van der Waals surface area contributed by atoms with Crippen molar-refractivity contribution >= 4 is 27.4 Å². The zero-order chi connectivity index (χ0) is 20.5. The number of hydrogen-bond acceptors (Lipinski definition) is 4. The fraction of sp³-hybridized carbons (Fsp3) is 0.0714. The summed E-state index contributed by atoms with van der Waals surface area (Å²) in [7, 11) is -3.97. The van der Waals surface area contributed by atoms with Crippen LogP contribution in [-0.2, 0) is 10.0 Å². The first-order valence-electron chi connectivity index (χ1n) is 6.84. The Bertz CT molecular complexity index is 1000. The maximum Gasteiger partial charge on any atom is 0.416 e. The van der Waals surface area contributed by atoms with Crippen LogP contribution in [0.3, 0.4) is 0 Å². The van der Waals surface area contributed by atoms with E-state index < -0.39 is 50.0 Å². The average Bonchev–Trinajstić information content (AvgIpc) is 2.57. The van der Waals surface area contributed by atoms with Crippen molar-refractivity contribution < 1.29 is 45.6 Å². The molecule has 27 heavy (non-hydrogen) atoms. The van der Waals surface area contributed by atoms with Gasteiger partial charge in [0, 0.05) is 0 Å². The van der Waals surface area contributed by atoms with E-state index in [9.17, 15) is 35.2 Å². The topological polar surface area (TPSA) is 112 Å². The molecule has 13 heteroatoms. The number of benzene rings is 2. The Morgan fingerprint density at radius 1 is 1.00 bits per heavy atom. The number of urea groups is 1. The molecule has 0 bridgehead atoms. The number of hydrogen-bond donors (Lipinski definition) is 3. The highest BCUT2D eigenvalue weighted by atomic mass is 32.2. The predicted molar refractivity (Wildman–Crippen MR) is 81.9 cm³/mol. The van der Waals surface area contributed by atoms with E-state index in [4.69, 9.17) is 4.74 Å². The Hall–Kier alpha value is -2.93. The molecular formula is C14H11F5N3O4S+. The number of anilines is 2. The van der Waals surface area contributed by atoms with Crippen molar-refractivity contribution in [3.8, 4) is 5.75 Å². The fourth-order valence-corrected chi connectivity index (χ4v) is 3.24. The molecule has 7 nitrogen and oxygen atoms in total. The highest BCUT2D eigenvalue weighted by Gasteiger charge is 2.33. The highest BCUT2D eigenvalue weighted by Crippen LogP contribution is 2.31. The first-order valence-corrected chi connectivity index (χ1v) is 8.33. The van der Waals surface area contributed by atoms with Crippen LogP contribution >= 0.6 is 0 Å². The lowest BCUT2D eigenvalue weighted by Crippen LogP contribution is -2.59. The van der Waals surface area contributed by atoms with Crippen molar-refractivity contribution in [1.82, 2.24) is 0 Å². The molecule has 0 aliphatic heterocycles. The molecule has 2 amide bonds. The monoisotopic (exact) mass is 412 g/mol. The van der Waals surface area contributed by atoms with Crippen LogP contribution in [0.15, 0.2) is 23.1 Å². The minimum atomic E-state index is -5.22. The molecule has 0 unspecified atom stereocenters. The third-order valence-corrected chi connectivity index (χ3v) is 4.56. The Balaban J connectivity index is 2.54. The number of sulfonamides is 1. The van der Waals surface area contributed by atoms with Gasteiger partial charge in [0.1, 0.15) is 5.75 Å². The van der Waals surface area contributed by atoms with Gasteiger partial charge in [-0.2, -0.15) is 0 Å². The summed E-state index contributed by atoms with van der Waals surface area (Å²) in [6, 6.07) is 2.46. The van der Waals surface area contributed by atoms with E-state index in [2.05, 4.69) is 11.1 Å². The van der Waals surface area contributed by atoms with Crippen molar-refractivity contribution in [3.63, 3.8) is 0 Å². The van der Waals surface area contributed by atoms with Crippen LogP contribution in [0.5, 0.6) is 5.75 Å². The zero-order valence-electron chi connectivity index (χ0n) is 13.4. The van der Waals surface area contributed by atoms with Crippen LogP contribution in [0.1, 0.15) is 0 Å². The largest absolute Gasteiger partial charge is 0.495 e. The number of amides is 2. The van der Waals surface area contributed by atoms with E-state index in [1.54, 1.807) is 4.72 Å². The van der Waals surface area contributed by atoms with Gasteiger partial charge in [-0.15, -0.1) is 0 Å². The van der Waals surface area contributed by atoms with Crippen LogP contribution < -0.4 is 20.5 Å². The van der Waals surface area contributed by atoms with Crippen LogP contribution in [0, 0.1) is 29.1 Å². The number of halogens is 5. The zero-order valence-corrected chi connectivity index (χ0v) is 14.2. The summed E-state index contributed by atoms with van der Waals surface area (Å²) in [5.74, 6) is -12.2. The fourth-order valence-electron chi connectivity index (χ4n) is 2.05. The standard InChI is InChI=1S/C14H10F5N3O4S/c1-26-7-3-2-5(4-6(7)21-14(20)23)22-27(24,25)13-11(18)9(16)8(15)10(17)12(13)19/h2-4,22H,1H3,(H3,20,21,23)/p+1. The van der Waals surface area contributed by atoms with Gasteiger partial charge in [0.25, 0.3) is 10.0 Å². The van der Waals surface area contributed by atoms with Gasteiger partial charge in [0.15, 0.2) is 28.2 Å². The first-order chi connectivity index (χ1) is 12.5. The maximum atomic E-state index is 13.7. The van der Waals surface area contributed by atoms with E-state index >= 15 is 0 Å². The van der Waals surface area contributed by atoms with Crippen molar-refractivity contribution in [3.05, 3.63) is 47.3 Å². The summed E-state index contributed by atoms with van der Waals surface area (Å²) in [4.78, 5) is 9.02. The molecule has 0 aliphatic rings. The third-order valence-electron chi connectivity index (χ3n) is 3.16. The summed E-state index contributed by atoms with van der Waals surface area (Å²) in [6.45, 7) is 0. The Kier molecular flexibility index (Phi) is 5.56. The van der Waals surface area contributed by atoms with Gasteiger partial charge in [-0.05, 0) is 18.2 Å². The van der Waals surface area contributed by atoms with Gasteiger partial charge in [-0.25, -0.2) is 35.2 Å². The Morgan fingerprint density at radius 2 is 1.52 bits per heavy atom. The van der Waals surface area contributed by atoms with Crippen molar-refractivity contribution in [2.75, 3.05) is 17.1 Å². The van der Waals surface area contributed by atoms with E-state index in [1.165, 1.54) is 13.2 Å². The van der Waals surface area contributed by atoms with Crippen LogP contribution in [0.2, 0.25) is 0 Å². The lowest BCUT2D eigenvalue weighted by atomic mass is 10.2. The van der Waals surface area contributed by atoms with Crippen LogP contribution in [0.4, 0.5) is 38.1 Å². The summed E-state index contributed by atoms with van der Waals surface area (Å²) in [5.41, 5.74) is 2.63. The minimum absolute atomic E-state index is 0.0601. The van der Waals surface area contributed by atoms with Crippen LogP contribution in [0.25, 0.3) is 0 Å². The highest BCUT2D eigenvalue weighted by molar-refractivity contribution is 7.92. The van der Waals surface area contributed by atoms with Crippen molar-refractivity contribution in [2.24, 2.45) is 0 Å². The maximum absolute atomic E-state index is 13.7. The second-order valence-electron chi connectivity index (χ2n) is 4.97. The number of methoxy groups -OCH3 is 1. The normalized spacial score (nSPS) is 11.2. The molecular weight excluding hydrogens is 401 g/mol. The molecule has 0 spiro atoms. The lowest BCUT2D eigenvalue weighted by Gasteiger charge is -2.13. The molecule has 2 rings (SSSR count). The molecule has 0 atom stereocenters. The van der Waals surface area contributed by atoms with Crippen molar-refractivity contribution in [2.45, 2.75) is 4.90 Å². The van der Waals surface area contributed by atoms with Gasteiger partial charge in [-0.1, -0.05) is 0 Å². The summed E-state index contributed by atoms with van der Waals surface area (Å²) < 4.78 is 98.0. The van der Waals surface area contributed by atoms with Crippen LogP contribution in [-0.4, -0.2) is 21.6 Å². The molecule has 0 radical (unpaired) electrons. The second kappa shape index (κ2) is 7.36. The van der Waals surface area contributed by atoms with Crippen molar-refractivity contribution in [1.29, 1.82) is 0 Å². The molecule has 146 valence electrons. The Labute approximate surface area is 149 Å². The molecule has 2 aromatic carbocycles. The molecule has 0 fully saturated rings. The first kappa shape index (κ1) is 20.4. The van der Waals surface area contributed by atoms with Gasteiger partial charge in [0.05, 0.1) is 18.5 Å². The second-order valence-corrected chi connectivity index (χ2v) is 6.59. The molecule has 0 saturated carbocycles. The predicted octanol–water partition coefficient (Wildman–Crippen LogP) is 1.97. The lowest BCUT2D eigenvalue weighted by molar-refractivity contribution is -0.242. The number of carbonyl (C=O) groups is 1. The number of rotatable bonds is 5. The van der Waals surface area contributed by atoms with E-state index in [-0.39, 0.29) is 17.1 Å².